The van der Waals surface area contributed by atoms with Crippen molar-refractivity contribution < 1.29 is 8.85 Å². The molecule has 1 fully saturated rings. The lowest BCUT2D eigenvalue weighted by Crippen LogP contribution is -2.45. The highest BCUT2D eigenvalue weighted by atomic mass is 28.4. The van der Waals surface area contributed by atoms with Gasteiger partial charge in [-0.1, -0.05) is 26.2 Å². The van der Waals surface area contributed by atoms with E-state index in [1.165, 1.54) is 32.1 Å². The Bertz CT molecular complexity index is 132. The van der Waals surface area contributed by atoms with Gasteiger partial charge in [-0.25, -0.2) is 0 Å². The van der Waals surface area contributed by atoms with Gasteiger partial charge >= 0.3 is 8.56 Å². The fraction of sp³-hybridized carbons (Fsp3) is 1.00. The molecular formula is C10H22O2Si. The largest absolute Gasteiger partial charge is 0.397 e. The lowest BCUT2D eigenvalue weighted by molar-refractivity contribution is 0.218. The number of hydrogen-bond donors (Lipinski definition) is 0. The molecule has 0 bridgehead atoms. The van der Waals surface area contributed by atoms with Gasteiger partial charge in [0.25, 0.3) is 0 Å². The van der Waals surface area contributed by atoms with Crippen molar-refractivity contribution in [2.45, 2.75) is 50.6 Å². The molecule has 1 saturated carbocycles. The van der Waals surface area contributed by atoms with Crippen LogP contribution in [-0.2, 0) is 8.85 Å². The second kappa shape index (κ2) is 5.13. The van der Waals surface area contributed by atoms with Gasteiger partial charge in [-0.3, -0.25) is 0 Å². The zero-order valence-electron chi connectivity index (χ0n) is 9.14. The summed E-state index contributed by atoms with van der Waals surface area (Å²) >= 11 is 0. The third-order valence-corrected chi connectivity index (χ3v) is 7.60. The summed E-state index contributed by atoms with van der Waals surface area (Å²) < 4.78 is 11.4. The predicted molar refractivity (Wildman–Crippen MR) is 57.1 cm³/mol. The molecule has 0 spiro atoms. The van der Waals surface area contributed by atoms with E-state index in [9.17, 15) is 0 Å². The van der Waals surface area contributed by atoms with E-state index in [4.69, 9.17) is 8.85 Å². The summed E-state index contributed by atoms with van der Waals surface area (Å²) in [6, 6.07) is 1.09. The predicted octanol–water partition coefficient (Wildman–Crippen LogP) is 3.08. The van der Waals surface area contributed by atoms with E-state index in [0.29, 0.717) is 0 Å². The molecule has 0 unspecified atom stereocenters. The van der Waals surface area contributed by atoms with Crippen LogP contribution < -0.4 is 0 Å². The molecule has 0 aliphatic heterocycles. The summed E-state index contributed by atoms with van der Waals surface area (Å²) in [5, 5.41) is 0. The highest BCUT2D eigenvalue weighted by molar-refractivity contribution is 6.68. The first-order chi connectivity index (χ1) is 6.29. The van der Waals surface area contributed by atoms with Crippen molar-refractivity contribution in [3.63, 3.8) is 0 Å². The summed E-state index contributed by atoms with van der Waals surface area (Å²) in [6.07, 6.45) is 6.78. The highest BCUT2D eigenvalue weighted by Gasteiger charge is 2.42. The summed E-state index contributed by atoms with van der Waals surface area (Å²) in [4.78, 5) is 0. The minimum Gasteiger partial charge on any atom is -0.397 e. The highest BCUT2D eigenvalue weighted by Crippen LogP contribution is 2.39. The van der Waals surface area contributed by atoms with Crippen LogP contribution in [0.15, 0.2) is 0 Å². The molecule has 1 rings (SSSR count). The molecule has 1 aliphatic rings. The second-order valence-electron chi connectivity index (χ2n) is 3.91. The molecule has 0 aromatic heterocycles. The van der Waals surface area contributed by atoms with Gasteiger partial charge in [-0.2, -0.15) is 0 Å². The first-order valence-corrected chi connectivity index (χ1v) is 7.49. The minimum absolute atomic E-state index is 0.737. The molecule has 0 N–H and O–H groups in total. The normalized spacial score (nSPS) is 20.5. The average Bonchev–Trinajstić information content (AvgIpc) is 2.23. The van der Waals surface area contributed by atoms with Gasteiger partial charge in [0.2, 0.25) is 0 Å². The molecule has 13 heavy (non-hydrogen) atoms. The van der Waals surface area contributed by atoms with Crippen LogP contribution in [-0.4, -0.2) is 22.8 Å². The van der Waals surface area contributed by atoms with Crippen LogP contribution in [0.25, 0.3) is 0 Å². The molecule has 0 aromatic carbocycles. The monoisotopic (exact) mass is 202 g/mol. The number of rotatable bonds is 4. The molecule has 0 amide bonds. The maximum atomic E-state index is 5.69. The number of hydrogen-bond acceptors (Lipinski definition) is 2. The Labute approximate surface area is 82.9 Å². The van der Waals surface area contributed by atoms with Crippen molar-refractivity contribution in [3.05, 3.63) is 0 Å². The van der Waals surface area contributed by atoms with Crippen molar-refractivity contribution in [1.29, 1.82) is 0 Å². The molecule has 0 heterocycles. The molecule has 2 nitrogen and oxygen atoms in total. The van der Waals surface area contributed by atoms with Crippen LogP contribution >= 0.6 is 0 Å². The van der Waals surface area contributed by atoms with Crippen molar-refractivity contribution >= 4 is 8.56 Å². The Kier molecular flexibility index (Phi) is 4.42. The van der Waals surface area contributed by atoms with Crippen molar-refractivity contribution in [3.8, 4) is 0 Å². The van der Waals surface area contributed by atoms with E-state index < -0.39 is 8.56 Å². The van der Waals surface area contributed by atoms with Gasteiger partial charge in [0.05, 0.1) is 0 Å². The van der Waals surface area contributed by atoms with Gasteiger partial charge < -0.3 is 8.85 Å². The molecular weight excluding hydrogens is 180 g/mol. The van der Waals surface area contributed by atoms with E-state index in [1.807, 2.05) is 14.2 Å². The van der Waals surface area contributed by atoms with Gasteiger partial charge in [0.15, 0.2) is 0 Å². The molecule has 3 heteroatoms. The topological polar surface area (TPSA) is 18.5 Å². The van der Waals surface area contributed by atoms with Gasteiger partial charge in [0, 0.05) is 19.8 Å². The average molecular weight is 202 g/mol. The lowest BCUT2D eigenvalue weighted by Gasteiger charge is -2.36. The fourth-order valence-corrected chi connectivity index (χ4v) is 5.81. The molecule has 0 radical (unpaired) electrons. The molecule has 0 aromatic rings. The smallest absolute Gasteiger partial charge is 0.340 e. The Balaban J connectivity index is 2.60. The molecule has 0 saturated heterocycles. The Morgan fingerprint density at radius 2 is 1.62 bits per heavy atom. The molecule has 78 valence electrons. The Morgan fingerprint density at radius 1 is 1.08 bits per heavy atom. The lowest BCUT2D eigenvalue weighted by atomic mass is 10.0. The molecule has 0 atom stereocenters. The van der Waals surface area contributed by atoms with E-state index in [0.717, 1.165) is 11.6 Å². The minimum atomic E-state index is -1.82. The van der Waals surface area contributed by atoms with E-state index in [1.54, 1.807) is 0 Å². The van der Waals surface area contributed by atoms with Crippen LogP contribution in [0.1, 0.15) is 39.0 Å². The quantitative estimate of drug-likeness (QED) is 0.652. The maximum absolute atomic E-state index is 5.69. The first-order valence-electron chi connectivity index (χ1n) is 5.39. The SMILES string of the molecule is CC[Si](OC)(OC)C1CCCCC1. The van der Waals surface area contributed by atoms with E-state index in [-0.39, 0.29) is 0 Å². The Hall–Kier alpha value is 0.137. The first kappa shape index (κ1) is 11.2. The van der Waals surface area contributed by atoms with Crippen molar-refractivity contribution in [1.82, 2.24) is 0 Å². The maximum Gasteiger partial charge on any atom is 0.340 e. The van der Waals surface area contributed by atoms with Gasteiger partial charge in [-0.15, -0.1) is 0 Å². The van der Waals surface area contributed by atoms with Crippen molar-refractivity contribution in [2.75, 3.05) is 14.2 Å². The summed E-state index contributed by atoms with van der Waals surface area (Å²) in [6.45, 7) is 2.20. The standard InChI is InChI=1S/C10H22O2Si/c1-4-13(11-2,12-3)10-8-6-5-7-9-10/h10H,4-9H2,1-3H3. The van der Waals surface area contributed by atoms with E-state index in [2.05, 4.69) is 6.92 Å². The molecule has 1 aliphatic carbocycles. The van der Waals surface area contributed by atoms with Crippen LogP contribution in [0.3, 0.4) is 0 Å². The third kappa shape index (κ3) is 2.33. The zero-order valence-corrected chi connectivity index (χ0v) is 10.1. The van der Waals surface area contributed by atoms with E-state index >= 15 is 0 Å². The fourth-order valence-electron chi connectivity index (χ4n) is 2.54. The van der Waals surface area contributed by atoms with Crippen LogP contribution in [0.2, 0.25) is 11.6 Å². The van der Waals surface area contributed by atoms with Crippen molar-refractivity contribution in [2.24, 2.45) is 0 Å². The Morgan fingerprint density at radius 3 is 2.00 bits per heavy atom. The summed E-state index contributed by atoms with van der Waals surface area (Å²) in [7, 11) is 1.84. The van der Waals surface area contributed by atoms with Gasteiger partial charge in [-0.05, 0) is 18.9 Å². The summed E-state index contributed by atoms with van der Waals surface area (Å²) in [5.41, 5.74) is 0.737. The van der Waals surface area contributed by atoms with Crippen LogP contribution in [0.5, 0.6) is 0 Å². The third-order valence-electron chi connectivity index (χ3n) is 3.41. The van der Waals surface area contributed by atoms with Crippen LogP contribution in [0, 0.1) is 0 Å². The van der Waals surface area contributed by atoms with Gasteiger partial charge in [0.1, 0.15) is 0 Å². The van der Waals surface area contributed by atoms with Crippen LogP contribution in [0.4, 0.5) is 0 Å². The zero-order chi connectivity index (χ0) is 9.73. The summed E-state index contributed by atoms with van der Waals surface area (Å²) in [5.74, 6) is 0. The second-order valence-corrected chi connectivity index (χ2v) is 7.87.